The van der Waals surface area contributed by atoms with Gasteiger partial charge in [0.25, 0.3) is 0 Å². The van der Waals surface area contributed by atoms with E-state index in [1.165, 1.54) is 6.07 Å². The van der Waals surface area contributed by atoms with Crippen molar-refractivity contribution in [2.45, 2.75) is 51.0 Å². The summed E-state index contributed by atoms with van der Waals surface area (Å²) in [6.45, 7) is 7.20. The molecular formula is C16H21Cl2NO2S. The molecule has 6 heteroatoms. The summed E-state index contributed by atoms with van der Waals surface area (Å²) in [6.07, 6.45) is 2.86. The minimum absolute atomic E-state index is 0.0462. The molecule has 3 rings (SSSR count). The molecule has 0 radical (unpaired) electrons. The quantitative estimate of drug-likeness (QED) is 0.772. The van der Waals surface area contributed by atoms with Crippen LogP contribution in [0.5, 0.6) is 0 Å². The summed E-state index contributed by atoms with van der Waals surface area (Å²) in [6, 6.07) is 4.66. The molecule has 0 amide bonds. The van der Waals surface area contributed by atoms with E-state index in [0.717, 1.165) is 19.3 Å². The fraction of sp³-hybridized carbons (Fsp3) is 0.625. The molecule has 0 N–H and O–H groups in total. The van der Waals surface area contributed by atoms with E-state index in [-0.39, 0.29) is 26.8 Å². The first-order valence-electron chi connectivity index (χ1n) is 7.49. The summed E-state index contributed by atoms with van der Waals surface area (Å²) in [5.74, 6) is 0. The van der Waals surface area contributed by atoms with Crippen molar-refractivity contribution < 1.29 is 8.42 Å². The Hall–Kier alpha value is -0.290. The summed E-state index contributed by atoms with van der Waals surface area (Å²) >= 11 is 12.1. The van der Waals surface area contributed by atoms with E-state index in [2.05, 4.69) is 20.8 Å². The number of hydrogen-bond acceptors (Lipinski definition) is 2. The van der Waals surface area contributed by atoms with Crippen molar-refractivity contribution in [3.05, 3.63) is 28.2 Å². The zero-order valence-electron chi connectivity index (χ0n) is 13.1. The van der Waals surface area contributed by atoms with Crippen molar-refractivity contribution in [1.82, 2.24) is 4.31 Å². The van der Waals surface area contributed by atoms with Gasteiger partial charge in [0, 0.05) is 17.6 Å². The average Bonchev–Trinajstić information content (AvgIpc) is 2.62. The molecule has 2 fully saturated rings. The van der Waals surface area contributed by atoms with Crippen molar-refractivity contribution in [3.63, 3.8) is 0 Å². The third-order valence-corrected chi connectivity index (χ3v) is 7.46. The Morgan fingerprint density at radius 1 is 1.18 bits per heavy atom. The van der Waals surface area contributed by atoms with Crippen LogP contribution in [-0.4, -0.2) is 25.3 Å². The second-order valence-corrected chi connectivity index (χ2v) is 10.5. The molecule has 2 bridgehead atoms. The summed E-state index contributed by atoms with van der Waals surface area (Å²) in [5.41, 5.74) is 0.213. The van der Waals surface area contributed by atoms with Gasteiger partial charge in [0.1, 0.15) is 4.90 Å². The molecule has 1 aliphatic heterocycles. The largest absolute Gasteiger partial charge is 0.244 e. The number of nitrogens with zero attached hydrogens (tertiary/aromatic N) is 1. The lowest BCUT2D eigenvalue weighted by atomic mass is 9.65. The fourth-order valence-electron chi connectivity index (χ4n) is 4.49. The standard InChI is InChI=1S/C16H21Cl2NO2S/c1-15(2)7-12-8-16(3,9-15)10-19(12)22(20,21)14-6-11(17)4-5-13(14)18/h4-6,12H,7-10H2,1-3H3/t12-,16-/m0/s1. The predicted molar refractivity (Wildman–Crippen MR) is 89.9 cm³/mol. The summed E-state index contributed by atoms with van der Waals surface area (Å²) < 4.78 is 27.8. The van der Waals surface area contributed by atoms with Gasteiger partial charge >= 0.3 is 0 Å². The highest BCUT2D eigenvalue weighted by Gasteiger charge is 2.53. The van der Waals surface area contributed by atoms with Gasteiger partial charge in [-0.15, -0.1) is 0 Å². The molecule has 2 atom stereocenters. The summed E-state index contributed by atoms with van der Waals surface area (Å²) in [4.78, 5) is 0.121. The van der Waals surface area contributed by atoms with Gasteiger partial charge in [0.2, 0.25) is 10.0 Å². The minimum Gasteiger partial charge on any atom is -0.207 e. The van der Waals surface area contributed by atoms with Crippen LogP contribution in [0.4, 0.5) is 0 Å². The van der Waals surface area contributed by atoms with Gasteiger partial charge in [-0.3, -0.25) is 0 Å². The predicted octanol–water partition coefficient (Wildman–Crippen LogP) is 4.58. The van der Waals surface area contributed by atoms with Crippen LogP contribution in [0.15, 0.2) is 23.1 Å². The highest BCUT2D eigenvalue weighted by atomic mass is 35.5. The maximum absolute atomic E-state index is 13.1. The van der Waals surface area contributed by atoms with E-state index >= 15 is 0 Å². The second-order valence-electron chi connectivity index (χ2n) is 7.84. The molecule has 2 aliphatic rings. The van der Waals surface area contributed by atoms with Crippen molar-refractivity contribution >= 4 is 33.2 Å². The number of benzene rings is 1. The van der Waals surface area contributed by atoms with E-state index in [1.807, 2.05) is 0 Å². The third-order valence-electron chi connectivity index (χ3n) is 4.85. The molecule has 0 aromatic heterocycles. The van der Waals surface area contributed by atoms with Crippen LogP contribution in [0.25, 0.3) is 0 Å². The highest BCUT2D eigenvalue weighted by Crippen LogP contribution is 2.53. The van der Waals surface area contributed by atoms with E-state index in [1.54, 1.807) is 16.4 Å². The van der Waals surface area contributed by atoms with Crippen LogP contribution in [0.1, 0.15) is 40.0 Å². The maximum atomic E-state index is 13.1. The number of rotatable bonds is 2. The number of sulfonamides is 1. The zero-order valence-corrected chi connectivity index (χ0v) is 15.4. The highest BCUT2D eigenvalue weighted by molar-refractivity contribution is 7.89. The Bertz CT molecular complexity index is 717. The molecule has 1 aliphatic carbocycles. The van der Waals surface area contributed by atoms with Crippen LogP contribution >= 0.6 is 23.2 Å². The molecule has 122 valence electrons. The lowest BCUT2D eigenvalue weighted by Crippen LogP contribution is -2.37. The van der Waals surface area contributed by atoms with Gasteiger partial charge in [0.05, 0.1) is 5.02 Å². The molecule has 0 unspecified atom stereocenters. The van der Waals surface area contributed by atoms with Gasteiger partial charge in [-0.25, -0.2) is 8.42 Å². The van der Waals surface area contributed by atoms with Crippen molar-refractivity contribution in [1.29, 1.82) is 0 Å². The van der Waals surface area contributed by atoms with Crippen LogP contribution in [0.3, 0.4) is 0 Å². The SMILES string of the molecule is CC1(C)C[C@H]2C[C@](C)(CN2S(=O)(=O)c2cc(Cl)ccc2Cl)C1. The first kappa shape index (κ1) is 16.6. The minimum atomic E-state index is -3.62. The molecule has 1 saturated carbocycles. The van der Waals surface area contributed by atoms with E-state index in [4.69, 9.17) is 23.2 Å². The lowest BCUT2D eigenvalue weighted by Gasteiger charge is -2.39. The van der Waals surface area contributed by atoms with Gasteiger partial charge in [-0.1, -0.05) is 44.0 Å². The van der Waals surface area contributed by atoms with Gasteiger partial charge in [-0.2, -0.15) is 4.31 Å². The number of fused-ring (bicyclic) bond motifs is 2. The second kappa shape index (κ2) is 5.10. The Kier molecular flexibility index (Phi) is 3.84. The Morgan fingerprint density at radius 2 is 1.86 bits per heavy atom. The van der Waals surface area contributed by atoms with Crippen LogP contribution in [0, 0.1) is 10.8 Å². The third kappa shape index (κ3) is 2.79. The zero-order chi connectivity index (χ0) is 16.3. The summed E-state index contributed by atoms with van der Waals surface area (Å²) in [7, 11) is -3.62. The fourth-order valence-corrected chi connectivity index (χ4v) is 7.00. The first-order chi connectivity index (χ1) is 10.0. The van der Waals surface area contributed by atoms with E-state index in [0.29, 0.717) is 11.6 Å². The van der Waals surface area contributed by atoms with Crippen molar-refractivity contribution in [2.24, 2.45) is 10.8 Å². The van der Waals surface area contributed by atoms with Crippen molar-refractivity contribution in [2.75, 3.05) is 6.54 Å². The first-order valence-corrected chi connectivity index (χ1v) is 9.69. The molecular weight excluding hydrogens is 341 g/mol. The normalized spacial score (nSPS) is 31.4. The van der Waals surface area contributed by atoms with Crippen LogP contribution < -0.4 is 0 Å². The average molecular weight is 362 g/mol. The van der Waals surface area contributed by atoms with Crippen LogP contribution in [-0.2, 0) is 10.0 Å². The molecule has 1 aromatic rings. The maximum Gasteiger partial charge on any atom is 0.244 e. The molecule has 1 heterocycles. The molecule has 0 spiro atoms. The van der Waals surface area contributed by atoms with Gasteiger partial charge < -0.3 is 0 Å². The molecule has 22 heavy (non-hydrogen) atoms. The van der Waals surface area contributed by atoms with Crippen LogP contribution in [0.2, 0.25) is 10.0 Å². The van der Waals surface area contributed by atoms with Gasteiger partial charge in [-0.05, 0) is 48.3 Å². The Morgan fingerprint density at radius 3 is 2.55 bits per heavy atom. The topological polar surface area (TPSA) is 37.4 Å². The molecule has 1 aromatic carbocycles. The molecule has 1 saturated heterocycles. The Labute approximate surface area is 142 Å². The van der Waals surface area contributed by atoms with Gasteiger partial charge in [0.15, 0.2) is 0 Å². The Balaban J connectivity index is 2.02. The monoisotopic (exact) mass is 361 g/mol. The van der Waals surface area contributed by atoms with Crippen molar-refractivity contribution in [3.8, 4) is 0 Å². The molecule has 3 nitrogen and oxygen atoms in total. The smallest absolute Gasteiger partial charge is 0.207 e. The number of halogens is 2. The van der Waals surface area contributed by atoms with E-state index in [9.17, 15) is 8.42 Å². The lowest BCUT2D eigenvalue weighted by molar-refractivity contribution is 0.133. The number of hydrogen-bond donors (Lipinski definition) is 0. The van der Waals surface area contributed by atoms with E-state index < -0.39 is 10.0 Å². The summed E-state index contributed by atoms with van der Waals surface area (Å²) in [5, 5.41) is 0.618.